The van der Waals surface area contributed by atoms with E-state index in [0.717, 1.165) is 11.3 Å². The number of thiazole rings is 1. The number of alkyl halides is 3. The number of carbonyl (C=O) groups excluding carboxylic acids is 1. The van der Waals surface area contributed by atoms with Gasteiger partial charge in [0.2, 0.25) is 5.91 Å². The molecule has 4 nitrogen and oxygen atoms in total. The first-order valence-electron chi connectivity index (χ1n) is 5.83. The van der Waals surface area contributed by atoms with Crippen molar-refractivity contribution in [2.24, 2.45) is 0 Å². The van der Waals surface area contributed by atoms with Crippen LogP contribution in [0.15, 0.2) is 18.2 Å². The van der Waals surface area contributed by atoms with Crippen LogP contribution in [0, 0.1) is 0 Å². The highest BCUT2D eigenvalue weighted by Crippen LogP contribution is 2.37. The number of likely N-dealkylation sites (N-methyl/N-ethyl adjacent to an activating group) is 1. The smallest absolute Gasteiger partial charge is 0.375 e. The molecule has 108 valence electrons. The molecule has 20 heavy (non-hydrogen) atoms. The number of carbonyl (C=O) groups is 1. The monoisotopic (exact) mass is 303 g/mol. The molecule has 0 saturated heterocycles. The fourth-order valence-electron chi connectivity index (χ4n) is 1.90. The maximum absolute atomic E-state index is 13.1. The van der Waals surface area contributed by atoms with E-state index < -0.39 is 18.0 Å². The van der Waals surface area contributed by atoms with Gasteiger partial charge in [0.05, 0.1) is 10.2 Å². The molecule has 0 bridgehead atoms. The van der Waals surface area contributed by atoms with Crippen molar-refractivity contribution >= 4 is 32.6 Å². The number of nitrogen functional groups attached to an aromatic ring is 1. The van der Waals surface area contributed by atoms with Crippen LogP contribution in [0.2, 0.25) is 0 Å². The van der Waals surface area contributed by atoms with Crippen molar-refractivity contribution in [1.82, 2.24) is 10.3 Å². The zero-order chi connectivity index (χ0) is 14.9. The van der Waals surface area contributed by atoms with Crippen molar-refractivity contribution in [3.63, 3.8) is 0 Å². The van der Waals surface area contributed by atoms with E-state index in [0.29, 0.717) is 10.2 Å². The van der Waals surface area contributed by atoms with Crippen LogP contribution in [0.3, 0.4) is 0 Å². The maximum Gasteiger partial charge on any atom is 0.404 e. The van der Waals surface area contributed by atoms with Gasteiger partial charge in [-0.25, -0.2) is 4.98 Å². The molecule has 1 atom stereocenters. The van der Waals surface area contributed by atoms with Gasteiger partial charge in [-0.15, -0.1) is 0 Å². The van der Waals surface area contributed by atoms with Crippen molar-refractivity contribution in [1.29, 1.82) is 0 Å². The summed E-state index contributed by atoms with van der Waals surface area (Å²) in [4.78, 5) is 15.6. The summed E-state index contributed by atoms with van der Waals surface area (Å²) in [5.41, 5.74) is 5.93. The molecule has 0 unspecified atom stereocenters. The molecule has 0 saturated carbocycles. The summed E-state index contributed by atoms with van der Waals surface area (Å²) in [7, 11) is 0. The topological polar surface area (TPSA) is 68.0 Å². The second kappa shape index (κ2) is 5.28. The number of rotatable bonds is 3. The molecule has 0 aliphatic rings. The third-order valence-corrected chi connectivity index (χ3v) is 3.55. The molecule has 1 aromatic carbocycles. The number of anilines is 1. The Labute approximate surface area is 116 Å². The largest absolute Gasteiger partial charge is 0.404 e. The third-order valence-electron chi connectivity index (χ3n) is 2.70. The summed E-state index contributed by atoms with van der Waals surface area (Å²) in [6.45, 7) is 1.71. The molecule has 3 N–H and O–H groups in total. The predicted octanol–water partition coefficient (Wildman–Crippen LogP) is 2.66. The Balaban J connectivity index is 2.47. The van der Waals surface area contributed by atoms with Crippen molar-refractivity contribution < 1.29 is 18.0 Å². The quantitative estimate of drug-likeness (QED) is 0.916. The molecule has 8 heteroatoms. The average molecular weight is 303 g/mol. The summed E-state index contributed by atoms with van der Waals surface area (Å²) >= 11 is 1.09. The Hall–Kier alpha value is -1.83. The molecule has 1 aromatic heterocycles. The Morgan fingerprint density at radius 1 is 1.50 bits per heavy atom. The number of aromatic nitrogens is 1. The van der Waals surface area contributed by atoms with Crippen molar-refractivity contribution in [3.8, 4) is 0 Å². The Bertz CT molecular complexity index is 638. The molecule has 1 amide bonds. The van der Waals surface area contributed by atoms with E-state index in [1.54, 1.807) is 6.92 Å². The molecule has 0 fully saturated rings. The first-order chi connectivity index (χ1) is 9.32. The number of hydrogen-bond acceptors (Lipinski definition) is 4. The molecule has 0 aliphatic carbocycles. The lowest BCUT2D eigenvalue weighted by Crippen LogP contribution is -2.37. The summed E-state index contributed by atoms with van der Waals surface area (Å²) in [6.07, 6.45) is -4.65. The molecular weight excluding hydrogens is 291 g/mol. The number of benzene rings is 1. The van der Waals surface area contributed by atoms with Crippen molar-refractivity contribution in [3.05, 3.63) is 23.8 Å². The second-order valence-corrected chi connectivity index (χ2v) is 5.21. The first kappa shape index (κ1) is 14.6. The van der Waals surface area contributed by atoms with Crippen molar-refractivity contribution in [2.45, 2.75) is 19.0 Å². The molecule has 0 spiro atoms. The van der Waals surface area contributed by atoms with Gasteiger partial charge in [0.1, 0.15) is 0 Å². The van der Waals surface area contributed by atoms with E-state index in [2.05, 4.69) is 10.3 Å². The van der Waals surface area contributed by atoms with Gasteiger partial charge in [-0.1, -0.05) is 17.4 Å². The Kier molecular flexibility index (Phi) is 3.85. The number of halogens is 3. The van der Waals surface area contributed by atoms with E-state index in [1.807, 2.05) is 0 Å². The number of nitrogens with zero attached hydrogens (tertiary/aromatic N) is 1. The highest BCUT2D eigenvalue weighted by atomic mass is 32.1. The number of nitrogens with two attached hydrogens (primary N) is 1. The van der Waals surface area contributed by atoms with Crippen LogP contribution < -0.4 is 11.1 Å². The lowest BCUT2D eigenvalue weighted by Gasteiger charge is -2.19. The Morgan fingerprint density at radius 2 is 2.20 bits per heavy atom. The first-order valence-corrected chi connectivity index (χ1v) is 6.65. The van der Waals surface area contributed by atoms with Gasteiger partial charge in [-0.3, -0.25) is 4.79 Å². The predicted molar refractivity (Wildman–Crippen MR) is 71.5 cm³/mol. The average Bonchev–Trinajstić information content (AvgIpc) is 2.67. The van der Waals surface area contributed by atoms with Gasteiger partial charge in [-0.05, 0) is 24.6 Å². The van der Waals surface area contributed by atoms with E-state index >= 15 is 0 Å². The molecule has 2 aromatic rings. The lowest BCUT2D eigenvalue weighted by atomic mass is 9.97. The summed E-state index contributed by atoms with van der Waals surface area (Å²) in [5.74, 6) is -3.24. The normalized spacial score (nSPS) is 13.4. The summed E-state index contributed by atoms with van der Waals surface area (Å²) < 4.78 is 39.8. The zero-order valence-corrected chi connectivity index (χ0v) is 11.3. The van der Waals surface area contributed by atoms with Crippen LogP contribution in [-0.2, 0) is 4.79 Å². The van der Waals surface area contributed by atoms with Crippen LogP contribution >= 0.6 is 11.3 Å². The number of hydrogen-bond donors (Lipinski definition) is 2. The van der Waals surface area contributed by atoms with E-state index in [1.165, 1.54) is 18.2 Å². The SMILES string of the molecule is CCNC(=O)[C@@H](c1ccc2nc(N)sc2c1)C(F)(F)F. The molecule has 1 heterocycles. The fraction of sp³-hybridized carbons (Fsp3) is 0.333. The minimum atomic E-state index is -4.65. The van der Waals surface area contributed by atoms with Crippen LogP contribution in [-0.4, -0.2) is 23.6 Å². The molecule has 2 rings (SSSR count). The molecule has 0 aliphatic heterocycles. The van der Waals surface area contributed by atoms with E-state index in [-0.39, 0.29) is 17.2 Å². The Morgan fingerprint density at radius 3 is 2.80 bits per heavy atom. The minimum absolute atomic E-state index is 0.111. The minimum Gasteiger partial charge on any atom is -0.375 e. The standard InChI is InChI=1S/C12H12F3N3OS/c1-2-17-10(19)9(12(13,14)15)6-3-4-7-8(5-6)20-11(16)18-7/h3-5,9H,2H2,1H3,(H2,16,18)(H,17,19)/t9-/m1/s1. The molecular formula is C12H12F3N3OS. The van der Waals surface area contributed by atoms with Crippen LogP contribution in [0.25, 0.3) is 10.2 Å². The van der Waals surface area contributed by atoms with Crippen molar-refractivity contribution in [2.75, 3.05) is 12.3 Å². The van der Waals surface area contributed by atoms with Gasteiger partial charge >= 0.3 is 6.18 Å². The number of amides is 1. The maximum atomic E-state index is 13.1. The molecule has 0 radical (unpaired) electrons. The fourth-order valence-corrected chi connectivity index (χ4v) is 2.69. The summed E-state index contributed by atoms with van der Waals surface area (Å²) in [5, 5.41) is 2.48. The van der Waals surface area contributed by atoms with Crippen LogP contribution in [0.5, 0.6) is 0 Å². The van der Waals surface area contributed by atoms with Gasteiger partial charge in [-0.2, -0.15) is 13.2 Å². The number of nitrogens with one attached hydrogen (secondary N) is 1. The van der Waals surface area contributed by atoms with Crippen LogP contribution in [0.4, 0.5) is 18.3 Å². The van der Waals surface area contributed by atoms with Gasteiger partial charge in [0.15, 0.2) is 11.0 Å². The highest BCUT2D eigenvalue weighted by Gasteiger charge is 2.45. The summed E-state index contributed by atoms with van der Waals surface area (Å²) in [6, 6.07) is 4.02. The van der Waals surface area contributed by atoms with E-state index in [4.69, 9.17) is 5.73 Å². The number of fused-ring (bicyclic) bond motifs is 1. The van der Waals surface area contributed by atoms with Gasteiger partial charge in [0, 0.05) is 6.54 Å². The third kappa shape index (κ3) is 2.84. The van der Waals surface area contributed by atoms with E-state index in [9.17, 15) is 18.0 Å². The van der Waals surface area contributed by atoms with Gasteiger partial charge in [0.25, 0.3) is 0 Å². The van der Waals surface area contributed by atoms with Gasteiger partial charge < -0.3 is 11.1 Å². The highest BCUT2D eigenvalue weighted by molar-refractivity contribution is 7.22. The van der Waals surface area contributed by atoms with Crippen LogP contribution in [0.1, 0.15) is 18.4 Å². The lowest BCUT2D eigenvalue weighted by molar-refractivity contribution is -0.164. The zero-order valence-electron chi connectivity index (χ0n) is 10.5. The second-order valence-electron chi connectivity index (χ2n) is 4.15.